The molecule has 1 fully saturated rings. The van der Waals surface area contributed by atoms with E-state index < -0.39 is 11.9 Å². The van der Waals surface area contributed by atoms with Crippen molar-refractivity contribution in [2.45, 2.75) is 25.7 Å². The largest absolute Gasteiger partial charge is 0.433 e. The molecule has 0 bridgehead atoms. The second kappa shape index (κ2) is 7.87. The molecule has 2 aromatic heterocycles. The van der Waals surface area contributed by atoms with E-state index in [1.165, 1.54) is 12.3 Å². The monoisotopic (exact) mass is 401 g/mol. The van der Waals surface area contributed by atoms with Crippen LogP contribution >= 0.6 is 0 Å². The smallest absolute Gasteiger partial charge is 0.365 e. The molecule has 5 nitrogen and oxygen atoms in total. The molecular formula is C21H22F3N5. The molecular weight excluding hydrogens is 379 g/mol. The van der Waals surface area contributed by atoms with Gasteiger partial charge in [-0.3, -0.25) is 10.00 Å². The summed E-state index contributed by atoms with van der Waals surface area (Å²) in [7, 11) is 0. The van der Waals surface area contributed by atoms with Crippen LogP contribution in [-0.2, 0) is 12.7 Å². The fourth-order valence-electron chi connectivity index (χ4n) is 3.81. The van der Waals surface area contributed by atoms with E-state index in [1.807, 2.05) is 24.4 Å². The maximum atomic E-state index is 12.7. The van der Waals surface area contributed by atoms with Crippen molar-refractivity contribution in [1.29, 1.82) is 0 Å². The van der Waals surface area contributed by atoms with Crippen LogP contribution in [0, 0.1) is 0 Å². The lowest BCUT2D eigenvalue weighted by atomic mass is 10.1. The SMILES string of the molecule is CC1CN(Cc2cn[nH]c2-c2ccccc2)CCN1c1ccc(C(F)(F)F)nc1. The molecule has 1 N–H and O–H groups in total. The standard InChI is InChI=1S/C21H22F3N5/c1-15-13-28(14-17-11-26-27-20(17)16-5-3-2-4-6-16)9-10-29(15)18-7-8-19(25-12-18)21(22,23)24/h2-8,11-12,15H,9-10,13-14H2,1H3,(H,26,27). The molecule has 29 heavy (non-hydrogen) atoms. The number of nitrogens with one attached hydrogen (secondary N) is 1. The Labute approximate surface area is 167 Å². The maximum Gasteiger partial charge on any atom is 0.433 e. The number of anilines is 1. The molecule has 0 radical (unpaired) electrons. The number of aromatic nitrogens is 3. The molecule has 0 spiro atoms. The van der Waals surface area contributed by atoms with E-state index in [2.05, 4.69) is 44.0 Å². The van der Waals surface area contributed by atoms with Crippen molar-refractivity contribution in [2.24, 2.45) is 0 Å². The van der Waals surface area contributed by atoms with Crippen LogP contribution in [0.2, 0.25) is 0 Å². The molecule has 4 rings (SSSR count). The molecule has 1 aliphatic rings. The van der Waals surface area contributed by atoms with Crippen molar-refractivity contribution in [3.8, 4) is 11.3 Å². The normalized spacial score (nSPS) is 18.2. The average Bonchev–Trinajstić information content (AvgIpc) is 3.16. The van der Waals surface area contributed by atoms with E-state index in [1.54, 1.807) is 0 Å². The number of halogens is 3. The Kier molecular flexibility index (Phi) is 5.27. The third-order valence-corrected chi connectivity index (χ3v) is 5.26. The minimum atomic E-state index is -4.41. The number of pyridine rings is 1. The van der Waals surface area contributed by atoms with E-state index in [-0.39, 0.29) is 6.04 Å². The molecule has 0 saturated carbocycles. The lowest BCUT2D eigenvalue weighted by Crippen LogP contribution is -2.51. The fraction of sp³-hybridized carbons (Fsp3) is 0.333. The molecule has 3 heterocycles. The second-order valence-electron chi connectivity index (χ2n) is 7.31. The highest BCUT2D eigenvalue weighted by Gasteiger charge is 2.33. The van der Waals surface area contributed by atoms with E-state index in [0.717, 1.165) is 54.8 Å². The average molecular weight is 401 g/mol. The van der Waals surface area contributed by atoms with Crippen LogP contribution in [-0.4, -0.2) is 45.8 Å². The van der Waals surface area contributed by atoms with Gasteiger partial charge in [0.15, 0.2) is 0 Å². The first kappa shape index (κ1) is 19.4. The zero-order valence-corrected chi connectivity index (χ0v) is 16.0. The van der Waals surface area contributed by atoms with Gasteiger partial charge in [0, 0.05) is 37.8 Å². The Morgan fingerprint density at radius 1 is 1.07 bits per heavy atom. The molecule has 1 atom stereocenters. The first-order valence-electron chi connectivity index (χ1n) is 9.52. The van der Waals surface area contributed by atoms with Gasteiger partial charge in [-0.25, -0.2) is 4.98 Å². The number of nitrogens with zero attached hydrogens (tertiary/aromatic N) is 4. The van der Waals surface area contributed by atoms with Crippen molar-refractivity contribution in [2.75, 3.05) is 24.5 Å². The van der Waals surface area contributed by atoms with Crippen LogP contribution < -0.4 is 4.90 Å². The number of piperazine rings is 1. The number of hydrogen-bond donors (Lipinski definition) is 1. The highest BCUT2D eigenvalue weighted by Crippen LogP contribution is 2.29. The number of rotatable bonds is 4. The van der Waals surface area contributed by atoms with Crippen LogP contribution in [0.4, 0.5) is 18.9 Å². The summed E-state index contributed by atoms with van der Waals surface area (Å²) in [5.41, 5.74) is 3.11. The Morgan fingerprint density at radius 3 is 2.52 bits per heavy atom. The Bertz CT molecular complexity index is 937. The van der Waals surface area contributed by atoms with Crippen molar-refractivity contribution in [3.63, 3.8) is 0 Å². The lowest BCUT2D eigenvalue weighted by molar-refractivity contribution is -0.141. The summed E-state index contributed by atoms with van der Waals surface area (Å²) in [6, 6.07) is 12.8. The molecule has 1 saturated heterocycles. The summed E-state index contributed by atoms with van der Waals surface area (Å²) in [6.07, 6.45) is -1.23. The van der Waals surface area contributed by atoms with Gasteiger partial charge in [-0.1, -0.05) is 30.3 Å². The van der Waals surface area contributed by atoms with Gasteiger partial charge in [0.05, 0.1) is 23.8 Å². The summed E-state index contributed by atoms with van der Waals surface area (Å²) < 4.78 is 38.2. The van der Waals surface area contributed by atoms with E-state index in [4.69, 9.17) is 0 Å². The van der Waals surface area contributed by atoms with Crippen molar-refractivity contribution < 1.29 is 13.2 Å². The van der Waals surface area contributed by atoms with Gasteiger partial charge in [-0.15, -0.1) is 0 Å². The molecule has 0 aliphatic carbocycles. The van der Waals surface area contributed by atoms with Crippen LogP contribution in [0.25, 0.3) is 11.3 Å². The number of benzene rings is 1. The quantitative estimate of drug-likeness (QED) is 0.712. The summed E-state index contributed by atoms with van der Waals surface area (Å²) >= 11 is 0. The molecule has 1 aliphatic heterocycles. The minimum Gasteiger partial charge on any atom is -0.365 e. The van der Waals surface area contributed by atoms with Crippen molar-refractivity contribution in [3.05, 3.63) is 66.1 Å². The van der Waals surface area contributed by atoms with Gasteiger partial charge in [-0.2, -0.15) is 18.3 Å². The topological polar surface area (TPSA) is 48.1 Å². The predicted octanol–water partition coefficient (Wildman–Crippen LogP) is 4.20. The third-order valence-electron chi connectivity index (χ3n) is 5.26. The van der Waals surface area contributed by atoms with Crippen molar-refractivity contribution in [1.82, 2.24) is 20.1 Å². The molecule has 152 valence electrons. The van der Waals surface area contributed by atoms with Crippen LogP contribution in [0.15, 0.2) is 54.9 Å². The fourth-order valence-corrected chi connectivity index (χ4v) is 3.81. The molecule has 3 aromatic rings. The zero-order chi connectivity index (χ0) is 20.4. The second-order valence-corrected chi connectivity index (χ2v) is 7.31. The van der Waals surface area contributed by atoms with Crippen LogP contribution in [0.1, 0.15) is 18.2 Å². The number of alkyl halides is 3. The number of hydrogen-bond acceptors (Lipinski definition) is 4. The first-order chi connectivity index (χ1) is 13.9. The third kappa shape index (κ3) is 4.27. The first-order valence-corrected chi connectivity index (χ1v) is 9.52. The Morgan fingerprint density at radius 2 is 1.86 bits per heavy atom. The summed E-state index contributed by atoms with van der Waals surface area (Å²) in [5, 5.41) is 7.30. The van der Waals surface area contributed by atoms with Crippen molar-refractivity contribution >= 4 is 5.69 Å². The summed E-state index contributed by atoms with van der Waals surface area (Å²) in [5.74, 6) is 0. The Hall–Kier alpha value is -2.87. The molecule has 1 aromatic carbocycles. The van der Waals surface area contributed by atoms with Crippen LogP contribution in [0.5, 0.6) is 0 Å². The van der Waals surface area contributed by atoms with Crippen LogP contribution in [0.3, 0.4) is 0 Å². The zero-order valence-electron chi connectivity index (χ0n) is 16.0. The van der Waals surface area contributed by atoms with E-state index in [9.17, 15) is 13.2 Å². The highest BCUT2D eigenvalue weighted by molar-refractivity contribution is 5.62. The van der Waals surface area contributed by atoms with Gasteiger partial charge in [0.1, 0.15) is 5.69 Å². The van der Waals surface area contributed by atoms with E-state index in [0.29, 0.717) is 0 Å². The van der Waals surface area contributed by atoms with Gasteiger partial charge >= 0.3 is 6.18 Å². The predicted molar refractivity (Wildman–Crippen MR) is 105 cm³/mol. The Balaban J connectivity index is 1.42. The van der Waals surface area contributed by atoms with Gasteiger partial charge in [-0.05, 0) is 24.6 Å². The minimum absolute atomic E-state index is 0.161. The summed E-state index contributed by atoms with van der Waals surface area (Å²) in [4.78, 5) is 8.04. The molecule has 0 amide bonds. The van der Waals surface area contributed by atoms with Gasteiger partial charge < -0.3 is 4.90 Å². The maximum absolute atomic E-state index is 12.7. The molecule has 1 unspecified atom stereocenters. The van der Waals surface area contributed by atoms with E-state index >= 15 is 0 Å². The van der Waals surface area contributed by atoms with Gasteiger partial charge in [0.25, 0.3) is 0 Å². The molecule has 8 heteroatoms. The highest BCUT2D eigenvalue weighted by atomic mass is 19.4. The number of aromatic amines is 1. The lowest BCUT2D eigenvalue weighted by Gasteiger charge is -2.41. The van der Waals surface area contributed by atoms with Gasteiger partial charge in [0.2, 0.25) is 0 Å². The number of H-pyrrole nitrogens is 1. The summed E-state index contributed by atoms with van der Waals surface area (Å²) in [6.45, 7) is 5.19.